The van der Waals surface area contributed by atoms with E-state index in [9.17, 15) is 0 Å². The molecule has 0 bridgehead atoms. The van der Waals surface area contributed by atoms with Crippen LogP contribution >= 0.6 is 0 Å². The van der Waals surface area contributed by atoms with Crippen LogP contribution in [0.1, 0.15) is 25.3 Å². The van der Waals surface area contributed by atoms with Crippen LogP contribution < -0.4 is 0 Å². The SMILES string of the molecule is CCCC[SiH](C)OCCc1ccccc1. The van der Waals surface area contributed by atoms with E-state index in [4.69, 9.17) is 4.43 Å². The largest absolute Gasteiger partial charge is 0.420 e. The summed E-state index contributed by atoms with van der Waals surface area (Å²) in [6, 6.07) is 11.9. The molecular weight excluding hydrogens is 200 g/mol. The van der Waals surface area contributed by atoms with Crippen molar-refractivity contribution in [2.24, 2.45) is 0 Å². The summed E-state index contributed by atoms with van der Waals surface area (Å²) < 4.78 is 5.89. The summed E-state index contributed by atoms with van der Waals surface area (Å²) in [6.45, 7) is 5.45. The number of hydrogen-bond donors (Lipinski definition) is 0. The maximum atomic E-state index is 5.89. The van der Waals surface area contributed by atoms with E-state index in [0.717, 1.165) is 13.0 Å². The highest BCUT2D eigenvalue weighted by molar-refractivity contribution is 6.50. The third-order valence-corrected chi connectivity index (χ3v) is 4.63. The van der Waals surface area contributed by atoms with Gasteiger partial charge in [0.2, 0.25) is 0 Å². The second-order valence-corrected chi connectivity index (χ2v) is 6.59. The summed E-state index contributed by atoms with van der Waals surface area (Å²) in [7, 11) is -0.861. The van der Waals surface area contributed by atoms with E-state index in [1.54, 1.807) is 0 Å². The van der Waals surface area contributed by atoms with Crippen molar-refractivity contribution in [3.05, 3.63) is 35.9 Å². The van der Waals surface area contributed by atoms with Gasteiger partial charge < -0.3 is 4.43 Å². The van der Waals surface area contributed by atoms with Gasteiger partial charge in [-0.1, -0.05) is 50.1 Å². The van der Waals surface area contributed by atoms with Gasteiger partial charge in [-0.05, 0) is 24.6 Å². The molecule has 0 heterocycles. The lowest BCUT2D eigenvalue weighted by molar-refractivity contribution is 0.325. The molecule has 0 fully saturated rings. The summed E-state index contributed by atoms with van der Waals surface area (Å²) >= 11 is 0. The Hall–Kier alpha value is -0.603. The average molecular weight is 222 g/mol. The van der Waals surface area contributed by atoms with Crippen molar-refractivity contribution >= 4 is 9.04 Å². The second kappa shape index (κ2) is 7.66. The molecule has 1 aromatic rings. The van der Waals surface area contributed by atoms with Gasteiger partial charge in [-0.15, -0.1) is 0 Å². The standard InChI is InChI=1S/C13H22OSi/c1-3-4-12-15(2)14-11-10-13-8-6-5-7-9-13/h5-9,15H,3-4,10-12H2,1-2H3. The zero-order chi connectivity index (χ0) is 10.9. The molecular formula is C13H22OSi. The molecule has 1 nitrogen and oxygen atoms in total. The van der Waals surface area contributed by atoms with Crippen molar-refractivity contribution < 1.29 is 4.43 Å². The second-order valence-electron chi connectivity index (χ2n) is 4.06. The third-order valence-electron chi connectivity index (χ3n) is 2.60. The minimum atomic E-state index is -0.861. The molecule has 0 saturated heterocycles. The van der Waals surface area contributed by atoms with E-state index >= 15 is 0 Å². The maximum Gasteiger partial charge on any atom is 0.173 e. The Bertz CT molecular complexity index is 248. The average Bonchev–Trinajstić information content (AvgIpc) is 2.28. The molecule has 0 N–H and O–H groups in total. The summed E-state index contributed by atoms with van der Waals surface area (Å²) in [5.74, 6) is 0. The Morgan fingerprint density at radius 2 is 1.93 bits per heavy atom. The van der Waals surface area contributed by atoms with Gasteiger partial charge in [0.05, 0.1) is 0 Å². The first kappa shape index (κ1) is 12.5. The molecule has 1 atom stereocenters. The lowest BCUT2D eigenvalue weighted by Gasteiger charge is -2.10. The Balaban J connectivity index is 2.11. The van der Waals surface area contributed by atoms with Crippen LogP contribution in [-0.4, -0.2) is 15.6 Å². The van der Waals surface area contributed by atoms with Crippen LogP contribution in [0, 0.1) is 0 Å². The third kappa shape index (κ3) is 5.75. The molecule has 0 aromatic heterocycles. The molecule has 0 radical (unpaired) electrons. The first-order valence-corrected chi connectivity index (χ1v) is 8.42. The van der Waals surface area contributed by atoms with Crippen LogP contribution in [0.3, 0.4) is 0 Å². The highest BCUT2D eigenvalue weighted by atomic mass is 28.3. The van der Waals surface area contributed by atoms with E-state index in [-0.39, 0.29) is 0 Å². The zero-order valence-corrected chi connectivity index (χ0v) is 11.1. The molecule has 0 aliphatic heterocycles. The number of rotatable bonds is 7. The van der Waals surface area contributed by atoms with Crippen molar-refractivity contribution in [1.29, 1.82) is 0 Å². The summed E-state index contributed by atoms with van der Waals surface area (Å²) in [5, 5.41) is 0. The Morgan fingerprint density at radius 3 is 2.60 bits per heavy atom. The Labute approximate surface area is 95.2 Å². The molecule has 0 aliphatic carbocycles. The molecule has 1 aromatic carbocycles. The smallest absolute Gasteiger partial charge is 0.173 e. The van der Waals surface area contributed by atoms with E-state index < -0.39 is 9.04 Å². The summed E-state index contributed by atoms with van der Waals surface area (Å²) in [6.07, 6.45) is 3.68. The van der Waals surface area contributed by atoms with Crippen molar-refractivity contribution in [2.75, 3.05) is 6.61 Å². The fraction of sp³-hybridized carbons (Fsp3) is 0.538. The molecule has 0 aliphatic rings. The lowest BCUT2D eigenvalue weighted by atomic mass is 10.2. The summed E-state index contributed by atoms with van der Waals surface area (Å²) in [4.78, 5) is 0. The molecule has 1 rings (SSSR count). The molecule has 0 saturated carbocycles. The van der Waals surface area contributed by atoms with E-state index in [1.165, 1.54) is 24.4 Å². The van der Waals surface area contributed by atoms with Crippen LogP contribution in [0.5, 0.6) is 0 Å². The van der Waals surface area contributed by atoms with Crippen molar-refractivity contribution in [1.82, 2.24) is 0 Å². The van der Waals surface area contributed by atoms with Crippen LogP contribution in [0.25, 0.3) is 0 Å². The quantitative estimate of drug-likeness (QED) is 0.643. The summed E-state index contributed by atoms with van der Waals surface area (Å²) in [5.41, 5.74) is 1.38. The van der Waals surface area contributed by atoms with Gasteiger partial charge in [0, 0.05) is 6.61 Å². The van der Waals surface area contributed by atoms with Crippen LogP contribution in [0.4, 0.5) is 0 Å². The molecule has 15 heavy (non-hydrogen) atoms. The highest BCUT2D eigenvalue weighted by Gasteiger charge is 2.03. The molecule has 0 spiro atoms. The predicted octanol–water partition coefficient (Wildman–Crippen LogP) is 3.40. The normalized spacial score (nSPS) is 12.7. The van der Waals surface area contributed by atoms with Gasteiger partial charge in [-0.25, -0.2) is 0 Å². The van der Waals surface area contributed by atoms with Gasteiger partial charge in [0.1, 0.15) is 0 Å². The first-order chi connectivity index (χ1) is 7.33. The fourth-order valence-corrected chi connectivity index (χ4v) is 3.27. The highest BCUT2D eigenvalue weighted by Crippen LogP contribution is 2.04. The maximum absolute atomic E-state index is 5.89. The molecule has 84 valence electrons. The Morgan fingerprint density at radius 1 is 1.20 bits per heavy atom. The van der Waals surface area contributed by atoms with Gasteiger partial charge >= 0.3 is 0 Å². The predicted molar refractivity (Wildman–Crippen MR) is 68.8 cm³/mol. The minimum Gasteiger partial charge on any atom is -0.420 e. The van der Waals surface area contributed by atoms with Gasteiger partial charge in [0.15, 0.2) is 9.04 Å². The first-order valence-electron chi connectivity index (χ1n) is 5.98. The van der Waals surface area contributed by atoms with Crippen LogP contribution in [0.15, 0.2) is 30.3 Å². The zero-order valence-electron chi connectivity index (χ0n) is 9.91. The number of benzene rings is 1. The van der Waals surface area contributed by atoms with E-state index in [2.05, 4.69) is 43.8 Å². The topological polar surface area (TPSA) is 9.23 Å². The van der Waals surface area contributed by atoms with E-state index in [1.807, 2.05) is 0 Å². The van der Waals surface area contributed by atoms with E-state index in [0.29, 0.717) is 0 Å². The van der Waals surface area contributed by atoms with Crippen LogP contribution in [-0.2, 0) is 10.8 Å². The molecule has 1 unspecified atom stereocenters. The number of unbranched alkanes of at least 4 members (excludes halogenated alkanes) is 1. The fourth-order valence-electron chi connectivity index (χ4n) is 1.60. The lowest BCUT2D eigenvalue weighted by Crippen LogP contribution is -2.14. The Kier molecular flexibility index (Phi) is 6.36. The van der Waals surface area contributed by atoms with Gasteiger partial charge in [0.25, 0.3) is 0 Å². The number of hydrogen-bond acceptors (Lipinski definition) is 1. The van der Waals surface area contributed by atoms with Crippen molar-refractivity contribution in [2.45, 2.75) is 38.8 Å². The molecule has 2 heteroatoms. The molecule has 0 amide bonds. The van der Waals surface area contributed by atoms with Crippen molar-refractivity contribution in [3.63, 3.8) is 0 Å². The van der Waals surface area contributed by atoms with Crippen LogP contribution in [0.2, 0.25) is 12.6 Å². The minimum absolute atomic E-state index is 0.861. The van der Waals surface area contributed by atoms with Crippen molar-refractivity contribution in [3.8, 4) is 0 Å². The van der Waals surface area contributed by atoms with Gasteiger partial charge in [-0.3, -0.25) is 0 Å². The van der Waals surface area contributed by atoms with Gasteiger partial charge in [-0.2, -0.15) is 0 Å². The monoisotopic (exact) mass is 222 g/mol.